The summed E-state index contributed by atoms with van der Waals surface area (Å²) in [5.41, 5.74) is 1.89. The summed E-state index contributed by atoms with van der Waals surface area (Å²) in [6, 6.07) is 8.29. The van der Waals surface area contributed by atoms with Crippen LogP contribution in [-0.2, 0) is 5.75 Å². The minimum atomic E-state index is -0.0488. The second-order valence-corrected chi connectivity index (χ2v) is 8.76. The Morgan fingerprint density at radius 2 is 1.85 bits per heavy atom. The van der Waals surface area contributed by atoms with Gasteiger partial charge in [-0.05, 0) is 44.8 Å². The van der Waals surface area contributed by atoms with Crippen molar-refractivity contribution in [1.29, 1.82) is 0 Å². The van der Waals surface area contributed by atoms with Crippen molar-refractivity contribution >= 4 is 41.0 Å². The van der Waals surface area contributed by atoms with Crippen LogP contribution in [0, 0.1) is 0 Å². The van der Waals surface area contributed by atoms with Crippen molar-refractivity contribution < 1.29 is 9.21 Å². The number of para-hydroxylation sites is 1. The van der Waals surface area contributed by atoms with Gasteiger partial charge < -0.3 is 15.1 Å². The van der Waals surface area contributed by atoms with Crippen LogP contribution in [0.4, 0.5) is 0 Å². The zero-order valence-corrected chi connectivity index (χ0v) is 17.3. The molecule has 2 aliphatic rings. The Bertz CT molecular complexity index is 752. The van der Waals surface area contributed by atoms with E-state index >= 15 is 0 Å². The maximum absolute atomic E-state index is 12.9. The first-order chi connectivity index (χ1) is 12.8. The standard InChI is InChI=1S/C21H28N2O2S.ClH/c24-21(23-15-10-12-22-13-11-15)20-18(14-26-16-6-2-1-3-7-16)17-8-4-5-9-19(17)25-20;/h4-5,8-9,15-16,22H,1-3,6-7,10-14H2,(H,23,24);1H. The maximum Gasteiger partial charge on any atom is 0.287 e. The fourth-order valence-electron chi connectivity index (χ4n) is 4.08. The first-order valence-electron chi connectivity index (χ1n) is 9.95. The van der Waals surface area contributed by atoms with Gasteiger partial charge in [-0.15, -0.1) is 12.4 Å². The predicted octanol–water partition coefficient (Wildman–Crippen LogP) is 4.90. The van der Waals surface area contributed by atoms with Crippen molar-refractivity contribution in [3.05, 3.63) is 35.6 Å². The molecule has 2 fully saturated rings. The number of carbonyl (C=O) groups excluding carboxylic acids is 1. The molecule has 2 N–H and O–H groups in total. The lowest BCUT2D eigenvalue weighted by Crippen LogP contribution is -2.42. The number of fused-ring (bicyclic) bond motifs is 1. The van der Waals surface area contributed by atoms with Gasteiger partial charge in [0.25, 0.3) is 5.91 Å². The molecule has 0 bridgehead atoms. The van der Waals surface area contributed by atoms with Crippen molar-refractivity contribution in [3.8, 4) is 0 Å². The number of nitrogens with one attached hydrogen (secondary N) is 2. The molecule has 4 rings (SSSR count). The Hall–Kier alpha value is -1.17. The van der Waals surface area contributed by atoms with E-state index in [2.05, 4.69) is 16.7 Å². The fourth-order valence-corrected chi connectivity index (χ4v) is 5.43. The minimum Gasteiger partial charge on any atom is -0.451 e. The van der Waals surface area contributed by atoms with Crippen molar-refractivity contribution in [2.45, 2.75) is 62.0 Å². The molecule has 2 heterocycles. The number of halogens is 1. The van der Waals surface area contributed by atoms with Gasteiger partial charge in [-0.1, -0.05) is 37.5 Å². The number of hydrogen-bond acceptors (Lipinski definition) is 4. The third kappa shape index (κ3) is 5.01. The van der Waals surface area contributed by atoms with Crippen molar-refractivity contribution in [2.24, 2.45) is 0 Å². The van der Waals surface area contributed by atoms with Gasteiger partial charge in [0, 0.05) is 28.0 Å². The van der Waals surface area contributed by atoms with E-state index in [0.29, 0.717) is 5.76 Å². The average Bonchev–Trinajstić information content (AvgIpc) is 3.07. The highest BCUT2D eigenvalue weighted by molar-refractivity contribution is 7.99. The lowest BCUT2D eigenvalue weighted by molar-refractivity contribution is 0.0902. The molecule has 0 atom stereocenters. The topological polar surface area (TPSA) is 54.3 Å². The summed E-state index contributed by atoms with van der Waals surface area (Å²) >= 11 is 2.00. The summed E-state index contributed by atoms with van der Waals surface area (Å²) in [7, 11) is 0. The first kappa shape index (κ1) is 20.6. The van der Waals surface area contributed by atoms with Crippen molar-refractivity contribution in [3.63, 3.8) is 0 Å². The van der Waals surface area contributed by atoms with Crippen LogP contribution in [0.25, 0.3) is 11.0 Å². The highest BCUT2D eigenvalue weighted by Crippen LogP contribution is 2.35. The Morgan fingerprint density at radius 1 is 1.11 bits per heavy atom. The number of benzene rings is 1. The van der Waals surface area contributed by atoms with Gasteiger partial charge >= 0.3 is 0 Å². The number of furan rings is 1. The molecule has 27 heavy (non-hydrogen) atoms. The average molecular weight is 409 g/mol. The fraction of sp³-hybridized carbons (Fsp3) is 0.571. The second-order valence-electron chi connectivity index (χ2n) is 7.47. The monoisotopic (exact) mass is 408 g/mol. The number of rotatable bonds is 5. The van der Waals surface area contributed by atoms with Crippen LogP contribution in [0.5, 0.6) is 0 Å². The summed E-state index contributed by atoms with van der Waals surface area (Å²) < 4.78 is 6.00. The number of thioether (sulfide) groups is 1. The van der Waals surface area contributed by atoms with Crippen molar-refractivity contribution in [1.82, 2.24) is 10.6 Å². The van der Waals surface area contributed by atoms with Gasteiger partial charge in [0.05, 0.1) is 0 Å². The van der Waals surface area contributed by atoms with Gasteiger partial charge in [0.2, 0.25) is 0 Å². The van der Waals surface area contributed by atoms with Gasteiger partial charge in [0.1, 0.15) is 5.58 Å². The number of hydrogen-bond donors (Lipinski definition) is 2. The van der Waals surface area contributed by atoms with E-state index in [1.165, 1.54) is 32.1 Å². The van der Waals surface area contributed by atoms with Gasteiger partial charge in [-0.2, -0.15) is 11.8 Å². The molecule has 2 aromatic rings. The molecule has 4 nitrogen and oxygen atoms in total. The number of piperidine rings is 1. The molecule has 1 aliphatic heterocycles. The number of amides is 1. The van der Waals surface area contributed by atoms with Crippen LogP contribution in [0.15, 0.2) is 28.7 Å². The lowest BCUT2D eigenvalue weighted by atomic mass is 10.0. The summed E-state index contributed by atoms with van der Waals surface area (Å²) in [5.74, 6) is 1.33. The Labute approximate surface area is 171 Å². The zero-order valence-electron chi connectivity index (χ0n) is 15.7. The molecule has 0 radical (unpaired) electrons. The quantitative estimate of drug-likeness (QED) is 0.738. The van der Waals surface area contributed by atoms with E-state index < -0.39 is 0 Å². The van der Waals surface area contributed by atoms with E-state index in [0.717, 1.165) is 53.5 Å². The lowest BCUT2D eigenvalue weighted by Gasteiger charge is -2.23. The molecule has 0 spiro atoms. The predicted molar refractivity (Wildman–Crippen MR) is 115 cm³/mol. The maximum atomic E-state index is 12.9. The largest absolute Gasteiger partial charge is 0.451 e. The molecule has 1 amide bonds. The van der Waals surface area contributed by atoms with E-state index in [-0.39, 0.29) is 24.4 Å². The van der Waals surface area contributed by atoms with Crippen LogP contribution >= 0.6 is 24.2 Å². The zero-order chi connectivity index (χ0) is 17.8. The van der Waals surface area contributed by atoms with Crippen LogP contribution in [0.1, 0.15) is 61.1 Å². The highest BCUT2D eigenvalue weighted by Gasteiger charge is 2.24. The van der Waals surface area contributed by atoms with E-state index in [1.807, 2.05) is 30.0 Å². The van der Waals surface area contributed by atoms with E-state index in [9.17, 15) is 4.79 Å². The summed E-state index contributed by atoms with van der Waals surface area (Å²) in [4.78, 5) is 12.9. The molecule has 1 aromatic carbocycles. The molecule has 6 heteroatoms. The normalized spacial score (nSPS) is 19.0. The molecule has 1 aromatic heterocycles. The molecule has 1 saturated heterocycles. The summed E-state index contributed by atoms with van der Waals surface area (Å²) in [6.07, 6.45) is 8.62. The molecule has 148 valence electrons. The molecule has 1 saturated carbocycles. The summed E-state index contributed by atoms with van der Waals surface area (Å²) in [5, 5.41) is 8.34. The minimum absolute atomic E-state index is 0. The Kier molecular flexibility index (Phi) is 7.50. The smallest absolute Gasteiger partial charge is 0.287 e. The van der Waals surface area contributed by atoms with Crippen molar-refractivity contribution in [2.75, 3.05) is 13.1 Å². The van der Waals surface area contributed by atoms with E-state index in [4.69, 9.17) is 4.42 Å². The van der Waals surface area contributed by atoms with E-state index in [1.54, 1.807) is 0 Å². The van der Waals surface area contributed by atoms with Crippen LogP contribution in [-0.4, -0.2) is 30.3 Å². The molecule has 1 aliphatic carbocycles. The third-order valence-electron chi connectivity index (χ3n) is 5.59. The Balaban J connectivity index is 0.00000210. The highest BCUT2D eigenvalue weighted by atomic mass is 35.5. The molecule has 0 unspecified atom stereocenters. The molecular formula is C21H29ClN2O2S. The van der Waals surface area contributed by atoms with Gasteiger partial charge in [-0.25, -0.2) is 0 Å². The molecular weight excluding hydrogens is 380 g/mol. The van der Waals surface area contributed by atoms with Crippen LogP contribution in [0.2, 0.25) is 0 Å². The van der Waals surface area contributed by atoms with Gasteiger partial charge in [-0.3, -0.25) is 4.79 Å². The van der Waals surface area contributed by atoms with Crippen LogP contribution < -0.4 is 10.6 Å². The van der Waals surface area contributed by atoms with Crippen LogP contribution in [0.3, 0.4) is 0 Å². The number of carbonyl (C=O) groups is 1. The summed E-state index contributed by atoms with van der Waals surface area (Å²) in [6.45, 7) is 1.94. The first-order valence-corrected chi connectivity index (χ1v) is 11.0. The Morgan fingerprint density at radius 3 is 2.63 bits per heavy atom. The SMILES string of the molecule is Cl.O=C(NC1CCNCC1)c1oc2ccccc2c1CSC1CCCCC1. The third-order valence-corrected chi connectivity index (χ3v) is 6.99. The second kappa shape index (κ2) is 9.85. The van der Waals surface area contributed by atoms with Gasteiger partial charge in [0.15, 0.2) is 5.76 Å².